The average molecular weight is 228 g/mol. The summed E-state index contributed by atoms with van der Waals surface area (Å²) in [5.41, 5.74) is 0. The van der Waals surface area contributed by atoms with Crippen molar-refractivity contribution in [2.24, 2.45) is 4.36 Å². The van der Waals surface area contributed by atoms with Crippen LogP contribution in [0.3, 0.4) is 0 Å². The van der Waals surface area contributed by atoms with Gasteiger partial charge in [-0.15, -0.1) is 0 Å². The lowest BCUT2D eigenvalue weighted by Gasteiger charge is -2.23. The van der Waals surface area contributed by atoms with E-state index in [1.165, 1.54) is 0 Å². The highest BCUT2D eigenvalue weighted by molar-refractivity contribution is 7.87. The molecule has 0 atom stereocenters. The Morgan fingerprint density at radius 1 is 1.36 bits per heavy atom. The van der Waals surface area contributed by atoms with Gasteiger partial charge in [-0.25, -0.2) is 0 Å². The van der Waals surface area contributed by atoms with Gasteiger partial charge >= 0.3 is 12.1 Å². The predicted octanol–water partition coefficient (Wildman–Crippen LogP) is 0.823. The van der Waals surface area contributed by atoms with Crippen LogP contribution in [0.25, 0.3) is 0 Å². The van der Waals surface area contributed by atoms with E-state index >= 15 is 0 Å². The molecule has 1 aliphatic heterocycles. The lowest BCUT2D eigenvalue weighted by molar-refractivity contribution is -0.169. The molecule has 0 aliphatic carbocycles. The molecule has 1 amide bonds. The smallest absolute Gasteiger partial charge is 0.305 e. The van der Waals surface area contributed by atoms with Crippen LogP contribution in [0.5, 0.6) is 0 Å². The van der Waals surface area contributed by atoms with E-state index in [2.05, 4.69) is 4.36 Å². The van der Waals surface area contributed by atoms with Crippen molar-refractivity contribution in [3.8, 4) is 0 Å². The summed E-state index contributed by atoms with van der Waals surface area (Å²) in [6, 6.07) is 0. The average Bonchev–Trinajstić information content (AvgIpc) is 2.07. The molecule has 0 aromatic heterocycles. The Balaban J connectivity index is 2.57. The van der Waals surface area contributed by atoms with Crippen molar-refractivity contribution in [3.63, 3.8) is 0 Å². The minimum absolute atomic E-state index is 0.554. The Kier molecular flexibility index (Phi) is 3.65. The van der Waals surface area contributed by atoms with Gasteiger partial charge in [0.15, 0.2) is 0 Å². The first-order valence-corrected chi connectivity index (χ1v) is 5.60. The third-order valence-electron chi connectivity index (χ3n) is 1.87. The van der Waals surface area contributed by atoms with Gasteiger partial charge < -0.3 is 4.90 Å². The normalized spacial score (nSPS) is 20.9. The van der Waals surface area contributed by atoms with E-state index < -0.39 is 22.8 Å². The quantitative estimate of drug-likeness (QED) is 0.615. The second-order valence-electron chi connectivity index (χ2n) is 3.07. The van der Waals surface area contributed by atoms with E-state index in [0.717, 1.165) is 0 Å². The van der Waals surface area contributed by atoms with Crippen molar-refractivity contribution in [1.29, 1.82) is 0 Å². The zero-order valence-electron chi connectivity index (χ0n) is 7.67. The molecule has 0 spiro atoms. The van der Waals surface area contributed by atoms with Crippen LogP contribution in [-0.4, -0.2) is 48.6 Å². The van der Waals surface area contributed by atoms with Crippen LogP contribution in [0.4, 0.5) is 13.2 Å². The largest absolute Gasteiger partial charge is 0.474 e. The number of nitrogens with zero attached hydrogens (tertiary/aromatic N) is 2. The highest BCUT2D eigenvalue weighted by Crippen LogP contribution is 2.17. The molecular weight excluding hydrogens is 217 g/mol. The summed E-state index contributed by atoms with van der Waals surface area (Å²) in [4.78, 5) is 12.5. The van der Waals surface area contributed by atoms with E-state index in [4.69, 9.17) is 0 Å². The SMILES string of the molecule is CN1CCS(=NC(=O)C(F)(F)F)CC1. The monoisotopic (exact) mass is 228 g/mol. The van der Waals surface area contributed by atoms with Gasteiger partial charge in [0.05, 0.1) is 0 Å². The molecule has 0 N–H and O–H groups in total. The second-order valence-corrected chi connectivity index (χ2v) is 4.99. The number of amides is 1. The molecular formula is C7H11F3N2OS. The highest BCUT2D eigenvalue weighted by atomic mass is 32.2. The van der Waals surface area contributed by atoms with Gasteiger partial charge in [0.2, 0.25) is 0 Å². The van der Waals surface area contributed by atoms with Gasteiger partial charge in [0.25, 0.3) is 0 Å². The standard InChI is InChI=1S/C7H11F3N2OS/c1-12-2-4-14(5-3-12)11-6(13)7(8,9)10/h2-5H2,1H3. The maximum Gasteiger partial charge on any atom is 0.474 e. The van der Waals surface area contributed by atoms with E-state index in [9.17, 15) is 18.0 Å². The van der Waals surface area contributed by atoms with Gasteiger partial charge in [-0.3, -0.25) is 4.79 Å². The topological polar surface area (TPSA) is 32.7 Å². The first kappa shape index (κ1) is 11.6. The number of carbonyl (C=O) groups excluding carboxylic acids is 1. The van der Waals surface area contributed by atoms with Crippen LogP contribution in [0.15, 0.2) is 4.36 Å². The Labute approximate surface area is 82.4 Å². The minimum atomic E-state index is -4.81. The molecule has 0 saturated carbocycles. The zero-order chi connectivity index (χ0) is 10.8. The van der Waals surface area contributed by atoms with E-state index in [1.54, 1.807) is 0 Å². The van der Waals surface area contributed by atoms with E-state index in [-0.39, 0.29) is 0 Å². The summed E-state index contributed by atoms with van der Waals surface area (Å²) in [5, 5.41) is 0. The van der Waals surface area contributed by atoms with Crippen LogP contribution < -0.4 is 0 Å². The van der Waals surface area contributed by atoms with Crippen LogP contribution in [0.1, 0.15) is 0 Å². The molecule has 0 aromatic carbocycles. The zero-order valence-corrected chi connectivity index (χ0v) is 8.49. The summed E-state index contributed by atoms with van der Waals surface area (Å²) in [6.45, 7) is 1.41. The van der Waals surface area contributed by atoms with Crippen molar-refractivity contribution in [2.45, 2.75) is 6.18 Å². The van der Waals surface area contributed by atoms with Gasteiger partial charge in [-0.05, 0) is 7.05 Å². The van der Waals surface area contributed by atoms with Gasteiger partial charge in [0.1, 0.15) is 0 Å². The third kappa shape index (κ3) is 3.38. The molecule has 1 fully saturated rings. The Morgan fingerprint density at radius 3 is 2.29 bits per heavy atom. The molecule has 3 nitrogen and oxygen atoms in total. The molecule has 0 aromatic rings. The van der Waals surface area contributed by atoms with Crippen LogP contribution in [0, 0.1) is 0 Å². The minimum Gasteiger partial charge on any atom is -0.305 e. The molecule has 14 heavy (non-hydrogen) atoms. The van der Waals surface area contributed by atoms with E-state index in [1.807, 2.05) is 11.9 Å². The fourth-order valence-electron chi connectivity index (χ4n) is 0.997. The molecule has 7 heteroatoms. The highest BCUT2D eigenvalue weighted by Gasteiger charge is 2.39. The summed E-state index contributed by atoms with van der Waals surface area (Å²) < 4.78 is 38.7. The summed E-state index contributed by atoms with van der Waals surface area (Å²) in [6.07, 6.45) is -4.81. The number of alkyl halides is 3. The van der Waals surface area contributed by atoms with Crippen LogP contribution >= 0.6 is 0 Å². The fraction of sp³-hybridized carbons (Fsp3) is 0.857. The number of rotatable bonds is 0. The maximum absolute atomic E-state index is 11.8. The van der Waals surface area contributed by atoms with Gasteiger partial charge in [-0.2, -0.15) is 17.5 Å². The summed E-state index contributed by atoms with van der Waals surface area (Å²) in [5.74, 6) is -0.832. The molecule has 0 radical (unpaired) electrons. The van der Waals surface area contributed by atoms with Crippen LogP contribution in [0.2, 0.25) is 0 Å². The van der Waals surface area contributed by atoms with Crippen molar-refractivity contribution in [1.82, 2.24) is 4.90 Å². The first-order chi connectivity index (χ1) is 6.39. The van der Waals surface area contributed by atoms with Crippen molar-refractivity contribution in [3.05, 3.63) is 0 Å². The maximum atomic E-state index is 11.8. The third-order valence-corrected chi connectivity index (χ3v) is 3.60. The van der Waals surface area contributed by atoms with Crippen molar-refractivity contribution >= 4 is 16.6 Å². The van der Waals surface area contributed by atoms with Gasteiger partial charge in [0, 0.05) is 24.6 Å². The predicted molar refractivity (Wildman–Crippen MR) is 48.1 cm³/mol. The Bertz CT molecular complexity index is 254. The van der Waals surface area contributed by atoms with Crippen LogP contribution in [-0.2, 0) is 15.5 Å². The Morgan fingerprint density at radius 2 is 1.86 bits per heavy atom. The number of carbonyl (C=O) groups is 1. The lowest BCUT2D eigenvalue weighted by Crippen LogP contribution is -2.35. The van der Waals surface area contributed by atoms with E-state index in [0.29, 0.717) is 24.6 Å². The first-order valence-electron chi connectivity index (χ1n) is 4.08. The number of hydrogen-bond donors (Lipinski definition) is 0. The molecule has 1 saturated heterocycles. The van der Waals surface area contributed by atoms with Crippen molar-refractivity contribution < 1.29 is 18.0 Å². The second kappa shape index (κ2) is 4.39. The van der Waals surface area contributed by atoms with Gasteiger partial charge in [-0.1, -0.05) is 10.7 Å². The molecule has 1 rings (SSSR count). The molecule has 1 aliphatic rings. The Hall–Kier alpha value is -0.430. The summed E-state index contributed by atoms with van der Waals surface area (Å²) >= 11 is 0. The molecule has 1 heterocycles. The molecule has 82 valence electrons. The number of hydrogen-bond acceptors (Lipinski definition) is 2. The number of halogens is 3. The molecule has 0 unspecified atom stereocenters. The summed E-state index contributed by atoms with van der Waals surface area (Å²) in [7, 11) is 1.17. The lowest BCUT2D eigenvalue weighted by atomic mass is 10.6. The fourth-order valence-corrected chi connectivity index (χ4v) is 2.77. The van der Waals surface area contributed by atoms with Crippen molar-refractivity contribution in [2.75, 3.05) is 31.6 Å². The molecule has 0 bridgehead atoms.